The molecule has 0 unspecified atom stereocenters. The second-order valence-corrected chi connectivity index (χ2v) is 2.96. The van der Waals surface area contributed by atoms with Gasteiger partial charge in [-0.15, -0.1) is 6.42 Å². The predicted octanol–water partition coefficient (Wildman–Crippen LogP) is -0.993. The number of hydrogen-bond acceptors (Lipinski definition) is 2. The molecular weight excluding hydrogens is 130 g/mol. The molecule has 10 heavy (non-hydrogen) atoms. The number of quaternary nitrogens is 1. The van der Waals surface area contributed by atoms with Gasteiger partial charge >= 0.3 is 0 Å². The predicted molar refractivity (Wildman–Crippen MR) is 38.9 cm³/mol. The second kappa shape index (κ2) is 3.57. The Morgan fingerprint density at radius 3 is 2.30 bits per heavy atom. The molecule has 0 saturated carbocycles. The maximum Gasteiger partial charge on any atom is 0.202 e. The van der Waals surface area contributed by atoms with Gasteiger partial charge in [0, 0.05) is 0 Å². The SMILES string of the molecule is C#CC[N+](C)(C)CC(O)O. The molecule has 0 aromatic heterocycles. The molecular formula is C7H14NO2+. The Labute approximate surface area is 61.5 Å². The highest BCUT2D eigenvalue weighted by molar-refractivity contribution is 4.83. The standard InChI is InChI=1S/C7H14NO2/c1-4-5-8(2,3)6-7(9)10/h1,7,9-10H,5-6H2,2-3H3/q+1. The van der Waals surface area contributed by atoms with Crippen molar-refractivity contribution in [3.63, 3.8) is 0 Å². The average molecular weight is 144 g/mol. The fourth-order valence-electron chi connectivity index (χ4n) is 0.754. The largest absolute Gasteiger partial charge is 0.364 e. The van der Waals surface area contributed by atoms with Crippen LogP contribution in [0.4, 0.5) is 0 Å². The first-order valence-electron chi connectivity index (χ1n) is 3.09. The van der Waals surface area contributed by atoms with Crippen LogP contribution in [0.3, 0.4) is 0 Å². The molecule has 0 aliphatic heterocycles. The van der Waals surface area contributed by atoms with Crippen LogP contribution in [0.2, 0.25) is 0 Å². The molecule has 2 N–H and O–H groups in total. The molecule has 0 radical (unpaired) electrons. The van der Waals surface area contributed by atoms with Crippen LogP contribution in [0.5, 0.6) is 0 Å². The third-order valence-electron chi connectivity index (χ3n) is 1.18. The fraction of sp³-hybridized carbons (Fsp3) is 0.714. The van der Waals surface area contributed by atoms with E-state index in [0.29, 0.717) is 11.0 Å². The summed E-state index contributed by atoms with van der Waals surface area (Å²) in [6.45, 7) is 0.780. The van der Waals surface area contributed by atoms with Gasteiger partial charge in [-0.2, -0.15) is 0 Å². The molecule has 0 aliphatic carbocycles. The van der Waals surface area contributed by atoms with E-state index in [4.69, 9.17) is 16.6 Å². The summed E-state index contributed by atoms with van der Waals surface area (Å²) in [6.07, 6.45) is 3.79. The minimum absolute atomic E-state index is 0.268. The van der Waals surface area contributed by atoms with Crippen LogP contribution >= 0.6 is 0 Å². The van der Waals surface area contributed by atoms with Crippen LogP contribution in [0, 0.1) is 12.3 Å². The van der Waals surface area contributed by atoms with Crippen LogP contribution in [-0.2, 0) is 0 Å². The molecule has 58 valence electrons. The molecule has 0 aromatic carbocycles. The van der Waals surface area contributed by atoms with Crippen molar-refractivity contribution in [2.24, 2.45) is 0 Å². The zero-order valence-corrected chi connectivity index (χ0v) is 6.41. The number of terminal acetylenes is 1. The highest BCUT2D eigenvalue weighted by atomic mass is 16.5. The van der Waals surface area contributed by atoms with E-state index in [0.717, 1.165) is 0 Å². The van der Waals surface area contributed by atoms with Crippen molar-refractivity contribution in [3.05, 3.63) is 0 Å². The topological polar surface area (TPSA) is 40.5 Å². The lowest BCUT2D eigenvalue weighted by atomic mass is 10.4. The lowest BCUT2D eigenvalue weighted by Gasteiger charge is -2.27. The zero-order valence-electron chi connectivity index (χ0n) is 6.41. The van der Waals surface area contributed by atoms with Crippen molar-refractivity contribution >= 4 is 0 Å². The maximum atomic E-state index is 8.59. The highest BCUT2D eigenvalue weighted by Crippen LogP contribution is 1.96. The number of likely N-dealkylation sites (N-methyl/N-ethyl adjacent to an activating group) is 1. The van der Waals surface area contributed by atoms with Crippen molar-refractivity contribution < 1.29 is 14.7 Å². The van der Waals surface area contributed by atoms with Crippen molar-refractivity contribution in [2.75, 3.05) is 27.2 Å². The van der Waals surface area contributed by atoms with E-state index < -0.39 is 6.29 Å². The minimum atomic E-state index is -1.27. The Morgan fingerprint density at radius 2 is 2.00 bits per heavy atom. The molecule has 0 aliphatic rings. The summed E-state index contributed by atoms with van der Waals surface area (Å²) in [5.74, 6) is 2.46. The number of rotatable bonds is 3. The van der Waals surface area contributed by atoms with Crippen molar-refractivity contribution in [2.45, 2.75) is 6.29 Å². The van der Waals surface area contributed by atoms with Gasteiger partial charge in [-0.05, 0) is 5.92 Å². The van der Waals surface area contributed by atoms with Crippen molar-refractivity contribution in [3.8, 4) is 12.3 Å². The molecule has 0 amide bonds. The third-order valence-corrected chi connectivity index (χ3v) is 1.18. The quantitative estimate of drug-likeness (QED) is 0.303. The summed E-state index contributed by atoms with van der Waals surface area (Å²) in [5.41, 5.74) is 0. The first-order chi connectivity index (χ1) is 4.48. The minimum Gasteiger partial charge on any atom is -0.364 e. The molecule has 0 spiro atoms. The number of hydrogen-bond donors (Lipinski definition) is 2. The van der Waals surface area contributed by atoms with Crippen LogP contribution in [0.15, 0.2) is 0 Å². The second-order valence-electron chi connectivity index (χ2n) is 2.96. The summed E-state index contributed by atoms with van der Waals surface area (Å²) < 4.78 is 0.439. The van der Waals surface area contributed by atoms with Gasteiger partial charge in [0.15, 0.2) is 0 Å². The molecule has 3 heteroatoms. The third kappa shape index (κ3) is 4.33. The summed E-state index contributed by atoms with van der Waals surface area (Å²) >= 11 is 0. The highest BCUT2D eigenvalue weighted by Gasteiger charge is 2.16. The summed E-state index contributed by atoms with van der Waals surface area (Å²) in [5, 5.41) is 17.2. The van der Waals surface area contributed by atoms with E-state index in [9.17, 15) is 0 Å². The van der Waals surface area contributed by atoms with Crippen molar-refractivity contribution in [1.29, 1.82) is 0 Å². The molecule has 0 atom stereocenters. The molecule has 0 rings (SSSR count). The van der Waals surface area contributed by atoms with Gasteiger partial charge in [0.2, 0.25) is 6.29 Å². The van der Waals surface area contributed by atoms with E-state index in [1.807, 2.05) is 14.1 Å². The molecule has 0 fully saturated rings. The molecule has 3 nitrogen and oxygen atoms in total. The van der Waals surface area contributed by atoms with E-state index in [1.54, 1.807) is 0 Å². The van der Waals surface area contributed by atoms with Crippen LogP contribution in [-0.4, -0.2) is 48.2 Å². The van der Waals surface area contributed by atoms with Crippen molar-refractivity contribution in [1.82, 2.24) is 0 Å². The van der Waals surface area contributed by atoms with Gasteiger partial charge in [0.1, 0.15) is 13.1 Å². The molecule has 0 aromatic rings. The molecule has 0 heterocycles. The Bertz CT molecular complexity index is 135. The Morgan fingerprint density at radius 1 is 1.50 bits per heavy atom. The lowest BCUT2D eigenvalue weighted by molar-refractivity contribution is -0.889. The summed E-state index contributed by atoms with van der Waals surface area (Å²) in [4.78, 5) is 0. The normalized spacial score (nSPS) is 11.6. The fourth-order valence-corrected chi connectivity index (χ4v) is 0.754. The number of nitrogens with zero attached hydrogens (tertiary/aromatic N) is 1. The van der Waals surface area contributed by atoms with Gasteiger partial charge in [0.05, 0.1) is 14.1 Å². The molecule has 0 bridgehead atoms. The first-order valence-corrected chi connectivity index (χ1v) is 3.09. The van der Waals surface area contributed by atoms with E-state index >= 15 is 0 Å². The van der Waals surface area contributed by atoms with Gasteiger partial charge in [0.25, 0.3) is 0 Å². The zero-order chi connectivity index (χ0) is 8.20. The van der Waals surface area contributed by atoms with Gasteiger partial charge in [-0.3, -0.25) is 0 Å². The monoisotopic (exact) mass is 144 g/mol. The Hall–Kier alpha value is -0.560. The van der Waals surface area contributed by atoms with Gasteiger partial charge in [-0.25, -0.2) is 0 Å². The van der Waals surface area contributed by atoms with E-state index in [1.165, 1.54) is 0 Å². The van der Waals surface area contributed by atoms with E-state index in [-0.39, 0.29) is 6.54 Å². The lowest BCUT2D eigenvalue weighted by Crippen LogP contribution is -2.45. The smallest absolute Gasteiger partial charge is 0.202 e. The Kier molecular flexibility index (Phi) is 3.37. The Balaban J connectivity index is 3.77. The summed E-state index contributed by atoms with van der Waals surface area (Å²) in [7, 11) is 3.69. The van der Waals surface area contributed by atoms with Crippen LogP contribution in [0.1, 0.15) is 0 Å². The van der Waals surface area contributed by atoms with Gasteiger partial charge in [-0.1, -0.05) is 0 Å². The van der Waals surface area contributed by atoms with Crippen LogP contribution < -0.4 is 0 Å². The van der Waals surface area contributed by atoms with Crippen LogP contribution in [0.25, 0.3) is 0 Å². The average Bonchev–Trinajstić information content (AvgIpc) is 1.59. The number of aliphatic hydroxyl groups is 2. The van der Waals surface area contributed by atoms with Gasteiger partial charge < -0.3 is 14.7 Å². The summed E-state index contributed by atoms with van der Waals surface area (Å²) in [6, 6.07) is 0. The maximum absolute atomic E-state index is 8.59. The van der Waals surface area contributed by atoms with E-state index in [2.05, 4.69) is 5.92 Å². The molecule has 0 saturated heterocycles. The number of aliphatic hydroxyl groups excluding tert-OH is 1. The first kappa shape index (κ1) is 9.44.